The van der Waals surface area contributed by atoms with Crippen LogP contribution < -0.4 is 10.5 Å². The third kappa shape index (κ3) is 22.9. The van der Waals surface area contributed by atoms with E-state index in [0.29, 0.717) is 39.6 Å². The number of benzene rings is 1. The standard InChI is InChI=1S/C30H55NO4/c1-2-3-4-5-6-7-8-9-10-11-12-13-14-15-16-17-22-32-23-24-33-25-26-34-27-28-35-30-20-18-29(31)19-21-30/h18-21H,2-17,22-28,31H2,1H3. The van der Waals surface area contributed by atoms with Gasteiger partial charge in [0.05, 0.1) is 33.0 Å². The molecule has 0 fully saturated rings. The summed E-state index contributed by atoms with van der Waals surface area (Å²) in [5, 5.41) is 0. The van der Waals surface area contributed by atoms with E-state index < -0.39 is 0 Å². The normalized spacial score (nSPS) is 11.2. The third-order valence-corrected chi connectivity index (χ3v) is 6.26. The zero-order valence-electron chi connectivity index (χ0n) is 22.8. The first-order valence-electron chi connectivity index (χ1n) is 14.5. The van der Waals surface area contributed by atoms with Crippen LogP contribution in [-0.4, -0.2) is 46.2 Å². The molecule has 0 aliphatic rings. The Hall–Kier alpha value is -1.30. The highest BCUT2D eigenvalue weighted by atomic mass is 16.6. The number of nitrogen functional groups attached to an aromatic ring is 1. The summed E-state index contributed by atoms with van der Waals surface area (Å²) in [7, 11) is 0. The van der Waals surface area contributed by atoms with Crippen LogP contribution in [0.4, 0.5) is 5.69 Å². The Morgan fingerprint density at radius 2 is 0.829 bits per heavy atom. The van der Waals surface area contributed by atoms with Gasteiger partial charge in [-0.1, -0.05) is 103 Å². The molecular weight excluding hydrogens is 438 g/mol. The Bertz CT molecular complexity index is 538. The van der Waals surface area contributed by atoms with Gasteiger partial charge < -0.3 is 24.7 Å². The van der Waals surface area contributed by atoms with Crippen LogP contribution in [0.2, 0.25) is 0 Å². The van der Waals surface area contributed by atoms with Crippen molar-refractivity contribution in [2.24, 2.45) is 0 Å². The highest BCUT2D eigenvalue weighted by molar-refractivity contribution is 5.41. The van der Waals surface area contributed by atoms with Crippen molar-refractivity contribution in [3.63, 3.8) is 0 Å². The van der Waals surface area contributed by atoms with E-state index in [0.717, 1.165) is 24.5 Å². The zero-order chi connectivity index (χ0) is 25.1. The average Bonchev–Trinajstić information content (AvgIpc) is 2.87. The van der Waals surface area contributed by atoms with E-state index in [1.807, 2.05) is 24.3 Å². The summed E-state index contributed by atoms with van der Waals surface area (Å²) in [4.78, 5) is 0. The van der Waals surface area contributed by atoms with E-state index >= 15 is 0 Å². The first-order valence-corrected chi connectivity index (χ1v) is 14.5. The Kier molecular flexibility index (Phi) is 23.4. The molecule has 0 saturated heterocycles. The molecule has 0 aromatic heterocycles. The molecule has 2 N–H and O–H groups in total. The van der Waals surface area contributed by atoms with Gasteiger partial charge in [-0.05, 0) is 30.7 Å². The summed E-state index contributed by atoms with van der Waals surface area (Å²) in [6.45, 7) is 6.66. The van der Waals surface area contributed by atoms with Crippen molar-refractivity contribution < 1.29 is 18.9 Å². The lowest BCUT2D eigenvalue weighted by molar-refractivity contribution is 0.00878. The van der Waals surface area contributed by atoms with Crippen LogP contribution in [0.15, 0.2) is 24.3 Å². The van der Waals surface area contributed by atoms with Crippen molar-refractivity contribution in [2.45, 2.75) is 110 Å². The molecule has 0 bridgehead atoms. The third-order valence-electron chi connectivity index (χ3n) is 6.26. The first-order chi connectivity index (χ1) is 17.3. The van der Waals surface area contributed by atoms with Gasteiger partial charge in [0.2, 0.25) is 0 Å². The first kappa shape index (κ1) is 31.7. The van der Waals surface area contributed by atoms with Crippen LogP contribution in [0, 0.1) is 0 Å². The molecule has 0 radical (unpaired) electrons. The second kappa shape index (κ2) is 25.8. The van der Waals surface area contributed by atoms with Gasteiger partial charge >= 0.3 is 0 Å². The number of hydrogen-bond donors (Lipinski definition) is 1. The minimum atomic E-state index is 0.520. The summed E-state index contributed by atoms with van der Waals surface area (Å²) in [6, 6.07) is 7.37. The maximum absolute atomic E-state index is 5.66. The predicted octanol–water partition coefficient (Wildman–Crippen LogP) is 7.96. The van der Waals surface area contributed by atoms with Gasteiger partial charge in [0, 0.05) is 12.3 Å². The lowest BCUT2D eigenvalue weighted by Crippen LogP contribution is -2.13. The summed E-state index contributed by atoms with van der Waals surface area (Å²) < 4.78 is 22.3. The molecule has 0 atom stereocenters. The van der Waals surface area contributed by atoms with E-state index in [4.69, 9.17) is 24.7 Å². The van der Waals surface area contributed by atoms with Gasteiger partial charge in [0.1, 0.15) is 12.4 Å². The minimum absolute atomic E-state index is 0.520. The van der Waals surface area contributed by atoms with Crippen molar-refractivity contribution in [2.75, 3.05) is 52.0 Å². The van der Waals surface area contributed by atoms with E-state index in [-0.39, 0.29) is 0 Å². The number of hydrogen-bond acceptors (Lipinski definition) is 5. The molecule has 0 unspecified atom stereocenters. The van der Waals surface area contributed by atoms with Crippen LogP contribution in [0.3, 0.4) is 0 Å². The molecule has 1 rings (SSSR count). The fourth-order valence-corrected chi connectivity index (χ4v) is 4.08. The molecule has 35 heavy (non-hydrogen) atoms. The second-order valence-electron chi connectivity index (χ2n) is 9.56. The molecule has 0 heterocycles. The lowest BCUT2D eigenvalue weighted by atomic mass is 10.0. The summed E-state index contributed by atoms with van der Waals surface area (Å²) in [6.07, 6.45) is 22.3. The van der Waals surface area contributed by atoms with E-state index in [1.54, 1.807) is 0 Å². The molecule has 0 saturated carbocycles. The van der Waals surface area contributed by atoms with E-state index in [2.05, 4.69) is 6.92 Å². The Balaban J connectivity index is 1.65. The fraction of sp³-hybridized carbons (Fsp3) is 0.800. The van der Waals surface area contributed by atoms with Gasteiger partial charge in [0.25, 0.3) is 0 Å². The number of nitrogens with two attached hydrogens (primary N) is 1. The van der Waals surface area contributed by atoms with Crippen LogP contribution >= 0.6 is 0 Å². The monoisotopic (exact) mass is 493 g/mol. The molecule has 5 heteroatoms. The Morgan fingerprint density at radius 3 is 1.29 bits per heavy atom. The minimum Gasteiger partial charge on any atom is -0.491 e. The largest absolute Gasteiger partial charge is 0.491 e. The van der Waals surface area contributed by atoms with Crippen molar-refractivity contribution in [1.29, 1.82) is 0 Å². The Labute approximate surface area is 216 Å². The SMILES string of the molecule is CCCCCCCCCCCCCCCCCCOCCOCCOCCOc1ccc(N)cc1. The van der Waals surface area contributed by atoms with Gasteiger partial charge in [-0.2, -0.15) is 0 Å². The maximum Gasteiger partial charge on any atom is 0.119 e. The predicted molar refractivity (Wildman–Crippen MR) is 148 cm³/mol. The lowest BCUT2D eigenvalue weighted by Gasteiger charge is -2.08. The number of unbranched alkanes of at least 4 members (excludes halogenated alkanes) is 15. The molecular formula is C30H55NO4. The molecule has 0 amide bonds. The average molecular weight is 494 g/mol. The summed E-state index contributed by atoms with van der Waals surface area (Å²) >= 11 is 0. The van der Waals surface area contributed by atoms with Gasteiger partial charge in [-0.25, -0.2) is 0 Å². The van der Waals surface area contributed by atoms with Crippen molar-refractivity contribution >= 4 is 5.69 Å². The molecule has 1 aromatic rings. The van der Waals surface area contributed by atoms with Crippen LogP contribution in [-0.2, 0) is 14.2 Å². The van der Waals surface area contributed by atoms with Gasteiger partial charge in [-0.3, -0.25) is 0 Å². The fourth-order valence-electron chi connectivity index (χ4n) is 4.08. The quantitative estimate of drug-likeness (QED) is 0.0994. The molecule has 0 aliphatic heterocycles. The van der Waals surface area contributed by atoms with Gasteiger partial charge in [-0.15, -0.1) is 0 Å². The van der Waals surface area contributed by atoms with E-state index in [1.165, 1.54) is 96.3 Å². The van der Waals surface area contributed by atoms with Crippen molar-refractivity contribution in [1.82, 2.24) is 0 Å². The highest BCUT2D eigenvalue weighted by Gasteiger charge is 1.97. The second-order valence-corrected chi connectivity index (χ2v) is 9.56. The summed E-state index contributed by atoms with van der Waals surface area (Å²) in [5.74, 6) is 0.806. The topological polar surface area (TPSA) is 62.9 Å². The highest BCUT2D eigenvalue weighted by Crippen LogP contribution is 2.14. The number of ether oxygens (including phenoxy) is 4. The molecule has 1 aromatic carbocycles. The van der Waals surface area contributed by atoms with Crippen molar-refractivity contribution in [3.05, 3.63) is 24.3 Å². The molecule has 204 valence electrons. The van der Waals surface area contributed by atoms with Crippen LogP contribution in [0.25, 0.3) is 0 Å². The van der Waals surface area contributed by atoms with Crippen molar-refractivity contribution in [3.8, 4) is 5.75 Å². The summed E-state index contributed by atoms with van der Waals surface area (Å²) in [5.41, 5.74) is 6.38. The van der Waals surface area contributed by atoms with Crippen LogP contribution in [0.5, 0.6) is 5.75 Å². The molecule has 0 spiro atoms. The molecule has 5 nitrogen and oxygen atoms in total. The number of rotatable bonds is 27. The molecule has 0 aliphatic carbocycles. The van der Waals surface area contributed by atoms with Crippen LogP contribution in [0.1, 0.15) is 110 Å². The van der Waals surface area contributed by atoms with E-state index in [9.17, 15) is 0 Å². The smallest absolute Gasteiger partial charge is 0.119 e. The number of anilines is 1. The Morgan fingerprint density at radius 1 is 0.457 bits per heavy atom. The zero-order valence-corrected chi connectivity index (χ0v) is 22.8. The van der Waals surface area contributed by atoms with Gasteiger partial charge in [0.15, 0.2) is 0 Å². The maximum atomic E-state index is 5.66.